The van der Waals surface area contributed by atoms with Crippen LogP contribution >= 0.6 is 23.2 Å². The smallest absolute Gasteiger partial charge is 0.168 e. The summed E-state index contributed by atoms with van der Waals surface area (Å²) >= 11 is 11.7. The fourth-order valence-corrected chi connectivity index (χ4v) is 1.98. The maximum atomic E-state index is 12.9. The molecule has 0 unspecified atom stereocenters. The molecule has 0 fully saturated rings. The van der Waals surface area contributed by atoms with E-state index in [9.17, 15) is 9.18 Å². The highest BCUT2D eigenvalue weighted by Gasteiger charge is 2.11. The third-order valence-corrected chi connectivity index (χ3v) is 2.98. The van der Waals surface area contributed by atoms with Crippen LogP contribution in [0.1, 0.15) is 15.9 Å². The van der Waals surface area contributed by atoms with Crippen LogP contribution in [0.5, 0.6) is 0 Å². The van der Waals surface area contributed by atoms with E-state index in [2.05, 4.69) is 4.98 Å². The fourth-order valence-electron chi connectivity index (χ4n) is 1.50. The summed E-state index contributed by atoms with van der Waals surface area (Å²) in [6.07, 6.45) is 2.46. The summed E-state index contributed by atoms with van der Waals surface area (Å²) in [5.74, 6) is -0.783. The van der Waals surface area contributed by atoms with Crippen LogP contribution in [0.4, 0.5) is 4.39 Å². The zero-order chi connectivity index (χ0) is 13.1. The Morgan fingerprint density at radius 1 is 1.22 bits per heavy atom. The quantitative estimate of drug-likeness (QED) is 0.799. The van der Waals surface area contributed by atoms with Crippen LogP contribution in [0.3, 0.4) is 0 Å². The highest BCUT2D eigenvalue weighted by atomic mass is 35.5. The molecule has 0 N–H and O–H groups in total. The summed E-state index contributed by atoms with van der Waals surface area (Å²) in [4.78, 5) is 15.5. The molecule has 0 amide bonds. The molecule has 0 radical (unpaired) electrons. The zero-order valence-corrected chi connectivity index (χ0v) is 10.7. The molecule has 92 valence electrons. The topological polar surface area (TPSA) is 30.0 Å². The zero-order valence-electron chi connectivity index (χ0n) is 9.16. The van der Waals surface area contributed by atoms with Crippen LogP contribution in [0.15, 0.2) is 36.7 Å². The van der Waals surface area contributed by atoms with Crippen molar-refractivity contribution in [2.45, 2.75) is 6.42 Å². The van der Waals surface area contributed by atoms with Gasteiger partial charge in [0, 0.05) is 28.2 Å². The van der Waals surface area contributed by atoms with Gasteiger partial charge < -0.3 is 0 Å². The predicted octanol–water partition coefficient (Wildman–Crippen LogP) is 3.95. The van der Waals surface area contributed by atoms with Gasteiger partial charge in [-0.1, -0.05) is 29.3 Å². The van der Waals surface area contributed by atoms with Crippen molar-refractivity contribution in [1.82, 2.24) is 4.98 Å². The highest BCUT2D eigenvalue weighted by Crippen LogP contribution is 2.22. The summed E-state index contributed by atoms with van der Waals surface area (Å²) in [5.41, 5.74) is 0.872. The molecule has 0 saturated heterocycles. The summed E-state index contributed by atoms with van der Waals surface area (Å²) in [6.45, 7) is 0. The SMILES string of the molecule is O=C(Cc1ccc(Cl)cc1Cl)c1cncc(F)c1. The van der Waals surface area contributed by atoms with Crippen molar-refractivity contribution in [2.24, 2.45) is 0 Å². The molecule has 18 heavy (non-hydrogen) atoms. The van der Waals surface area contributed by atoms with Gasteiger partial charge in [-0.3, -0.25) is 9.78 Å². The number of hydrogen-bond donors (Lipinski definition) is 0. The van der Waals surface area contributed by atoms with Gasteiger partial charge in [0.25, 0.3) is 0 Å². The second kappa shape index (κ2) is 5.46. The minimum atomic E-state index is -0.539. The normalized spacial score (nSPS) is 10.4. The van der Waals surface area contributed by atoms with E-state index in [-0.39, 0.29) is 17.8 Å². The lowest BCUT2D eigenvalue weighted by atomic mass is 10.0. The molecule has 0 bridgehead atoms. The number of halogens is 3. The predicted molar refractivity (Wildman–Crippen MR) is 68.7 cm³/mol. The highest BCUT2D eigenvalue weighted by molar-refractivity contribution is 6.35. The average molecular weight is 284 g/mol. The van der Waals surface area contributed by atoms with E-state index in [0.29, 0.717) is 15.6 Å². The number of nitrogens with zero attached hydrogens (tertiary/aromatic N) is 1. The van der Waals surface area contributed by atoms with Crippen LogP contribution in [-0.2, 0) is 6.42 Å². The minimum Gasteiger partial charge on any atom is -0.294 e. The van der Waals surface area contributed by atoms with Crippen molar-refractivity contribution >= 4 is 29.0 Å². The second-order valence-corrected chi connectivity index (χ2v) is 4.57. The number of carbonyl (C=O) groups excluding carboxylic acids is 1. The lowest BCUT2D eigenvalue weighted by molar-refractivity contribution is 0.0992. The van der Waals surface area contributed by atoms with Crippen molar-refractivity contribution < 1.29 is 9.18 Å². The van der Waals surface area contributed by atoms with Crippen LogP contribution < -0.4 is 0 Å². The molecule has 0 aliphatic carbocycles. The van der Waals surface area contributed by atoms with E-state index in [4.69, 9.17) is 23.2 Å². The second-order valence-electron chi connectivity index (χ2n) is 3.73. The Morgan fingerprint density at radius 2 is 2.00 bits per heavy atom. The maximum Gasteiger partial charge on any atom is 0.168 e. The number of hydrogen-bond acceptors (Lipinski definition) is 2. The van der Waals surface area contributed by atoms with Crippen molar-refractivity contribution in [2.75, 3.05) is 0 Å². The molecule has 1 aromatic carbocycles. The van der Waals surface area contributed by atoms with Gasteiger partial charge in [0.2, 0.25) is 0 Å². The van der Waals surface area contributed by atoms with Gasteiger partial charge >= 0.3 is 0 Å². The average Bonchev–Trinajstić information content (AvgIpc) is 2.32. The van der Waals surface area contributed by atoms with Crippen molar-refractivity contribution in [3.05, 3.63) is 63.6 Å². The maximum absolute atomic E-state index is 12.9. The molecule has 0 aliphatic heterocycles. The third kappa shape index (κ3) is 3.06. The van der Waals surface area contributed by atoms with E-state index in [1.165, 1.54) is 6.20 Å². The minimum absolute atomic E-state index is 0.0845. The molecule has 0 atom stereocenters. The molecular formula is C13H8Cl2FNO. The standard InChI is InChI=1S/C13H8Cl2FNO/c14-10-2-1-8(12(15)5-10)4-13(18)9-3-11(16)7-17-6-9/h1-3,5-7H,4H2. The van der Waals surface area contributed by atoms with Crippen LogP contribution in [0.2, 0.25) is 10.0 Å². The molecule has 2 rings (SSSR count). The van der Waals surface area contributed by atoms with Crippen molar-refractivity contribution in [3.8, 4) is 0 Å². The molecular weight excluding hydrogens is 276 g/mol. The molecule has 5 heteroatoms. The van der Waals surface area contributed by atoms with E-state index >= 15 is 0 Å². The Hall–Kier alpha value is -1.45. The Labute approximate surface area is 113 Å². The number of Topliss-reactive ketones (excluding diaryl/α,β-unsaturated/α-hetero) is 1. The molecule has 1 heterocycles. The number of pyridine rings is 1. The van der Waals surface area contributed by atoms with Gasteiger partial charge in [-0.05, 0) is 23.8 Å². The number of benzene rings is 1. The first-order valence-electron chi connectivity index (χ1n) is 5.14. The molecule has 2 nitrogen and oxygen atoms in total. The number of aromatic nitrogens is 1. The number of carbonyl (C=O) groups is 1. The lowest BCUT2D eigenvalue weighted by Gasteiger charge is -2.04. The molecule has 0 aliphatic rings. The third-order valence-electron chi connectivity index (χ3n) is 2.39. The van der Waals surface area contributed by atoms with E-state index in [1.807, 2.05) is 0 Å². The van der Waals surface area contributed by atoms with Crippen LogP contribution in [0, 0.1) is 5.82 Å². The largest absolute Gasteiger partial charge is 0.294 e. The lowest BCUT2D eigenvalue weighted by Crippen LogP contribution is -2.05. The molecule has 0 spiro atoms. The number of ketones is 1. The Morgan fingerprint density at radius 3 is 2.67 bits per heavy atom. The van der Waals surface area contributed by atoms with Gasteiger partial charge in [-0.2, -0.15) is 0 Å². The first kappa shape index (κ1) is 13.0. The van der Waals surface area contributed by atoms with Crippen LogP contribution in [-0.4, -0.2) is 10.8 Å². The Kier molecular flexibility index (Phi) is 3.94. The summed E-state index contributed by atoms with van der Waals surface area (Å²) in [5, 5.41) is 0.920. The number of rotatable bonds is 3. The summed E-state index contributed by atoms with van der Waals surface area (Å²) in [6, 6.07) is 6.05. The Bertz CT molecular complexity index is 601. The summed E-state index contributed by atoms with van der Waals surface area (Å²) in [7, 11) is 0. The van der Waals surface area contributed by atoms with Gasteiger partial charge in [0.15, 0.2) is 5.78 Å². The molecule has 1 aromatic heterocycles. The first-order chi connectivity index (χ1) is 8.56. The van der Waals surface area contributed by atoms with Crippen molar-refractivity contribution in [1.29, 1.82) is 0 Å². The first-order valence-corrected chi connectivity index (χ1v) is 5.89. The van der Waals surface area contributed by atoms with Gasteiger partial charge in [0.1, 0.15) is 5.82 Å². The van der Waals surface area contributed by atoms with E-state index in [0.717, 1.165) is 12.3 Å². The van der Waals surface area contributed by atoms with E-state index in [1.54, 1.807) is 18.2 Å². The fraction of sp³-hybridized carbons (Fsp3) is 0.0769. The van der Waals surface area contributed by atoms with Crippen molar-refractivity contribution in [3.63, 3.8) is 0 Å². The molecule has 0 saturated carbocycles. The van der Waals surface area contributed by atoms with Gasteiger partial charge in [0.05, 0.1) is 6.20 Å². The monoisotopic (exact) mass is 283 g/mol. The van der Waals surface area contributed by atoms with Gasteiger partial charge in [-0.25, -0.2) is 4.39 Å². The van der Waals surface area contributed by atoms with Crippen LogP contribution in [0.25, 0.3) is 0 Å². The molecule has 2 aromatic rings. The van der Waals surface area contributed by atoms with Gasteiger partial charge in [-0.15, -0.1) is 0 Å². The summed E-state index contributed by atoms with van der Waals surface area (Å²) < 4.78 is 12.9. The Balaban J connectivity index is 2.21. The van der Waals surface area contributed by atoms with E-state index < -0.39 is 5.82 Å².